The van der Waals surface area contributed by atoms with Gasteiger partial charge in [0.25, 0.3) is 0 Å². The summed E-state index contributed by atoms with van der Waals surface area (Å²) in [5.74, 6) is 0.216. The summed E-state index contributed by atoms with van der Waals surface area (Å²) in [6.45, 7) is 9.61. The van der Waals surface area contributed by atoms with Crippen molar-refractivity contribution in [3.05, 3.63) is 17.5 Å². The van der Waals surface area contributed by atoms with Gasteiger partial charge in [0, 0.05) is 39.3 Å². The van der Waals surface area contributed by atoms with Crippen molar-refractivity contribution in [2.24, 2.45) is 0 Å². The highest BCUT2D eigenvalue weighted by Crippen LogP contribution is 2.07. The normalized spacial score (nSPS) is 15.9. The lowest BCUT2D eigenvalue weighted by molar-refractivity contribution is -0.132. The zero-order valence-electron chi connectivity index (χ0n) is 12.7. The number of piperazine rings is 1. The molecule has 1 aromatic heterocycles. The van der Waals surface area contributed by atoms with E-state index in [0.717, 1.165) is 45.0 Å². The van der Waals surface area contributed by atoms with Crippen molar-refractivity contribution in [3.63, 3.8) is 0 Å². The van der Waals surface area contributed by atoms with Crippen molar-refractivity contribution in [2.75, 3.05) is 39.8 Å². The maximum Gasteiger partial charge on any atom is 0.236 e. The lowest BCUT2D eigenvalue weighted by Crippen LogP contribution is -2.49. The number of nitrogens with one attached hydrogen (secondary N) is 1. The highest BCUT2D eigenvalue weighted by Gasteiger charge is 2.18. The van der Waals surface area contributed by atoms with Gasteiger partial charge in [0.2, 0.25) is 5.91 Å². The highest BCUT2D eigenvalue weighted by molar-refractivity contribution is 5.78. The molecule has 1 N–H and O–H groups in total. The monoisotopic (exact) mass is 279 g/mol. The van der Waals surface area contributed by atoms with Crippen LogP contribution in [-0.2, 0) is 17.9 Å². The molecule has 1 aliphatic rings. The van der Waals surface area contributed by atoms with E-state index in [1.54, 1.807) is 0 Å². The Hall–Kier alpha value is -1.40. The van der Waals surface area contributed by atoms with Crippen LogP contribution in [0.2, 0.25) is 0 Å². The molecule has 112 valence electrons. The Kier molecular flexibility index (Phi) is 5.14. The van der Waals surface area contributed by atoms with Crippen LogP contribution in [0.25, 0.3) is 0 Å². The third-order valence-corrected chi connectivity index (χ3v) is 3.59. The zero-order chi connectivity index (χ0) is 14.5. The number of likely N-dealkylation sites (N-methyl/N-ethyl adjacent to an activating group) is 1. The number of amides is 1. The minimum Gasteiger partial charge on any atom is -0.339 e. The van der Waals surface area contributed by atoms with Gasteiger partial charge in [-0.25, -0.2) is 0 Å². The van der Waals surface area contributed by atoms with Gasteiger partial charge in [-0.05, 0) is 27.0 Å². The van der Waals surface area contributed by atoms with Crippen molar-refractivity contribution in [1.29, 1.82) is 0 Å². The number of aryl methyl sites for hydroxylation is 2. The first kappa shape index (κ1) is 15.0. The molecule has 6 heteroatoms. The Bertz CT molecular complexity index is 450. The molecule has 0 aliphatic carbocycles. The third kappa shape index (κ3) is 3.80. The smallest absolute Gasteiger partial charge is 0.236 e. The molecule has 1 aliphatic heterocycles. The average Bonchev–Trinajstić information content (AvgIpc) is 2.79. The van der Waals surface area contributed by atoms with Crippen LogP contribution in [0.3, 0.4) is 0 Å². The van der Waals surface area contributed by atoms with Gasteiger partial charge in [-0.15, -0.1) is 0 Å². The first-order valence-electron chi connectivity index (χ1n) is 7.30. The maximum absolute atomic E-state index is 12.2. The van der Waals surface area contributed by atoms with Crippen LogP contribution in [0.15, 0.2) is 6.07 Å². The van der Waals surface area contributed by atoms with Crippen molar-refractivity contribution in [2.45, 2.75) is 26.9 Å². The molecule has 1 amide bonds. The fourth-order valence-corrected chi connectivity index (χ4v) is 2.58. The van der Waals surface area contributed by atoms with E-state index in [1.165, 1.54) is 5.69 Å². The van der Waals surface area contributed by atoms with E-state index in [0.29, 0.717) is 6.54 Å². The molecular weight excluding hydrogens is 254 g/mol. The summed E-state index contributed by atoms with van der Waals surface area (Å²) in [6, 6.07) is 2.09. The minimum absolute atomic E-state index is 0.216. The summed E-state index contributed by atoms with van der Waals surface area (Å²) < 4.78 is 2.00. The maximum atomic E-state index is 12.2. The molecule has 1 fully saturated rings. The van der Waals surface area contributed by atoms with Crippen molar-refractivity contribution in [1.82, 2.24) is 24.9 Å². The van der Waals surface area contributed by atoms with E-state index in [2.05, 4.69) is 28.3 Å². The Labute approximate surface area is 120 Å². The molecular formula is C14H25N5O. The van der Waals surface area contributed by atoms with Gasteiger partial charge in [0.15, 0.2) is 0 Å². The summed E-state index contributed by atoms with van der Waals surface area (Å²) in [4.78, 5) is 16.2. The number of aromatic nitrogens is 2. The van der Waals surface area contributed by atoms with Gasteiger partial charge in [0.1, 0.15) is 0 Å². The third-order valence-electron chi connectivity index (χ3n) is 3.59. The van der Waals surface area contributed by atoms with Gasteiger partial charge in [-0.1, -0.05) is 0 Å². The molecule has 2 heterocycles. The fourth-order valence-electron chi connectivity index (χ4n) is 2.58. The minimum atomic E-state index is 0.216. The van der Waals surface area contributed by atoms with Gasteiger partial charge < -0.3 is 10.2 Å². The molecule has 0 aromatic carbocycles. The van der Waals surface area contributed by atoms with Crippen LogP contribution in [0, 0.1) is 6.92 Å². The van der Waals surface area contributed by atoms with Crippen LogP contribution in [0.4, 0.5) is 0 Å². The van der Waals surface area contributed by atoms with E-state index in [-0.39, 0.29) is 5.91 Å². The zero-order valence-corrected chi connectivity index (χ0v) is 12.7. The van der Waals surface area contributed by atoms with Crippen LogP contribution >= 0.6 is 0 Å². The molecule has 1 saturated heterocycles. The first-order chi connectivity index (χ1) is 9.60. The van der Waals surface area contributed by atoms with Crippen molar-refractivity contribution in [3.8, 4) is 0 Å². The molecule has 2 rings (SSSR count). The van der Waals surface area contributed by atoms with E-state index < -0.39 is 0 Å². The average molecular weight is 279 g/mol. The van der Waals surface area contributed by atoms with Gasteiger partial charge >= 0.3 is 0 Å². The predicted molar refractivity (Wildman–Crippen MR) is 78.4 cm³/mol. The molecule has 1 aromatic rings. The standard InChI is InChI=1S/C14H25N5O/c1-4-19-13(9-12(2)16-19)10-17(3)11-14(20)18-7-5-15-6-8-18/h9,15H,4-8,10-11H2,1-3H3. The second-order valence-electron chi connectivity index (χ2n) is 5.40. The Morgan fingerprint density at radius 3 is 2.80 bits per heavy atom. The highest BCUT2D eigenvalue weighted by atomic mass is 16.2. The fraction of sp³-hybridized carbons (Fsp3) is 0.714. The largest absolute Gasteiger partial charge is 0.339 e. The quantitative estimate of drug-likeness (QED) is 0.829. The van der Waals surface area contributed by atoms with Crippen LogP contribution in [0.1, 0.15) is 18.3 Å². The van der Waals surface area contributed by atoms with Crippen LogP contribution in [-0.4, -0.2) is 65.3 Å². The summed E-state index contributed by atoms with van der Waals surface area (Å²) in [7, 11) is 1.99. The van der Waals surface area contributed by atoms with Crippen molar-refractivity contribution < 1.29 is 4.79 Å². The summed E-state index contributed by atoms with van der Waals surface area (Å²) >= 11 is 0. The Balaban J connectivity index is 1.87. The summed E-state index contributed by atoms with van der Waals surface area (Å²) in [5, 5.41) is 7.70. The number of carbonyl (C=O) groups is 1. The van der Waals surface area contributed by atoms with Gasteiger partial charge in [-0.3, -0.25) is 14.4 Å². The van der Waals surface area contributed by atoms with Gasteiger partial charge in [0.05, 0.1) is 17.9 Å². The lowest BCUT2D eigenvalue weighted by Gasteiger charge is -2.29. The predicted octanol–water partition coefficient (Wildman–Crippen LogP) is 0.0750. The topological polar surface area (TPSA) is 53.4 Å². The lowest BCUT2D eigenvalue weighted by atomic mass is 10.3. The second-order valence-corrected chi connectivity index (χ2v) is 5.40. The molecule has 0 atom stereocenters. The molecule has 0 bridgehead atoms. The molecule has 20 heavy (non-hydrogen) atoms. The number of rotatable bonds is 5. The number of carbonyl (C=O) groups excluding carboxylic acids is 1. The molecule has 0 spiro atoms. The number of hydrogen-bond donors (Lipinski definition) is 1. The SMILES string of the molecule is CCn1nc(C)cc1CN(C)CC(=O)N1CCNCC1. The van der Waals surface area contributed by atoms with Crippen molar-refractivity contribution >= 4 is 5.91 Å². The van der Waals surface area contributed by atoms with E-state index in [4.69, 9.17) is 0 Å². The molecule has 6 nitrogen and oxygen atoms in total. The summed E-state index contributed by atoms with van der Waals surface area (Å²) in [5.41, 5.74) is 2.20. The van der Waals surface area contributed by atoms with Crippen LogP contribution in [0.5, 0.6) is 0 Å². The Morgan fingerprint density at radius 2 is 2.15 bits per heavy atom. The number of nitrogens with zero attached hydrogens (tertiary/aromatic N) is 4. The van der Waals surface area contributed by atoms with E-state index >= 15 is 0 Å². The molecule has 0 saturated carbocycles. The first-order valence-corrected chi connectivity index (χ1v) is 7.30. The second kappa shape index (κ2) is 6.85. The van der Waals surface area contributed by atoms with E-state index in [9.17, 15) is 4.79 Å². The number of hydrogen-bond acceptors (Lipinski definition) is 4. The summed E-state index contributed by atoms with van der Waals surface area (Å²) in [6.07, 6.45) is 0. The van der Waals surface area contributed by atoms with Crippen LogP contribution < -0.4 is 5.32 Å². The molecule has 0 radical (unpaired) electrons. The molecule has 0 unspecified atom stereocenters. The van der Waals surface area contributed by atoms with Gasteiger partial charge in [-0.2, -0.15) is 5.10 Å². The van der Waals surface area contributed by atoms with E-state index in [1.807, 2.05) is 23.6 Å². The Morgan fingerprint density at radius 1 is 1.45 bits per heavy atom.